The van der Waals surface area contributed by atoms with E-state index in [1.165, 1.54) is 37.7 Å². The maximum atomic E-state index is 5.76. The molecule has 1 heterocycles. The molecule has 0 fully saturated rings. The fourth-order valence-electron chi connectivity index (χ4n) is 2.00. The fraction of sp³-hybridized carbons (Fsp3) is 0.692. The van der Waals surface area contributed by atoms with E-state index < -0.39 is 0 Å². The molecule has 0 saturated carbocycles. The van der Waals surface area contributed by atoms with E-state index in [2.05, 4.69) is 24.0 Å². The Kier molecular flexibility index (Phi) is 5.23. The van der Waals surface area contributed by atoms with Crippen LogP contribution in [0.3, 0.4) is 0 Å². The molecule has 1 rings (SSSR count). The number of anilines is 1. The average molecular weight is 221 g/mol. The molecule has 1 aromatic heterocycles. The van der Waals surface area contributed by atoms with Gasteiger partial charge in [0.2, 0.25) is 0 Å². The van der Waals surface area contributed by atoms with Crippen molar-refractivity contribution in [2.75, 3.05) is 5.73 Å². The van der Waals surface area contributed by atoms with Gasteiger partial charge in [0.05, 0.1) is 6.20 Å². The molecule has 1 aromatic rings. The summed E-state index contributed by atoms with van der Waals surface area (Å²) in [6.45, 7) is 6.51. The summed E-state index contributed by atoms with van der Waals surface area (Å²) in [4.78, 5) is 0. The zero-order valence-corrected chi connectivity index (χ0v) is 10.7. The molecule has 0 radical (unpaired) electrons. The fourth-order valence-corrected chi connectivity index (χ4v) is 2.00. The molecule has 0 aliphatic carbocycles. The SMILES string of the molecule is CCCCCCC(C)c1cnnc(N)c1C. The minimum Gasteiger partial charge on any atom is -0.382 e. The van der Waals surface area contributed by atoms with Crippen LogP contribution in [0.15, 0.2) is 6.20 Å². The molecule has 1 atom stereocenters. The highest BCUT2D eigenvalue weighted by Crippen LogP contribution is 2.25. The summed E-state index contributed by atoms with van der Waals surface area (Å²) in [5.74, 6) is 1.10. The Bertz CT molecular complexity index is 323. The molecule has 0 aromatic carbocycles. The maximum Gasteiger partial charge on any atom is 0.149 e. The summed E-state index contributed by atoms with van der Waals surface area (Å²) in [7, 11) is 0. The van der Waals surface area contributed by atoms with Crippen LogP contribution in [0.5, 0.6) is 0 Å². The number of aromatic nitrogens is 2. The minimum atomic E-state index is 0.537. The zero-order chi connectivity index (χ0) is 12.0. The lowest BCUT2D eigenvalue weighted by Crippen LogP contribution is -2.04. The van der Waals surface area contributed by atoms with E-state index >= 15 is 0 Å². The second-order valence-corrected chi connectivity index (χ2v) is 4.56. The molecular formula is C13H23N3. The summed E-state index contributed by atoms with van der Waals surface area (Å²) >= 11 is 0. The van der Waals surface area contributed by atoms with Gasteiger partial charge in [0, 0.05) is 0 Å². The van der Waals surface area contributed by atoms with Gasteiger partial charge in [-0.15, -0.1) is 5.10 Å². The van der Waals surface area contributed by atoms with Crippen LogP contribution in [0, 0.1) is 6.92 Å². The molecule has 3 heteroatoms. The molecule has 16 heavy (non-hydrogen) atoms. The molecule has 90 valence electrons. The Morgan fingerprint density at radius 1 is 1.31 bits per heavy atom. The number of rotatable bonds is 6. The Morgan fingerprint density at radius 2 is 2.06 bits per heavy atom. The topological polar surface area (TPSA) is 51.8 Å². The number of nitrogens with two attached hydrogens (primary N) is 1. The maximum absolute atomic E-state index is 5.76. The summed E-state index contributed by atoms with van der Waals surface area (Å²) < 4.78 is 0. The Hall–Kier alpha value is -1.12. The van der Waals surface area contributed by atoms with E-state index in [9.17, 15) is 0 Å². The minimum absolute atomic E-state index is 0.537. The van der Waals surface area contributed by atoms with Crippen molar-refractivity contribution in [2.45, 2.75) is 58.8 Å². The van der Waals surface area contributed by atoms with Crippen LogP contribution in [-0.2, 0) is 0 Å². The first-order valence-corrected chi connectivity index (χ1v) is 6.24. The normalized spacial score (nSPS) is 12.7. The smallest absolute Gasteiger partial charge is 0.149 e. The van der Waals surface area contributed by atoms with E-state index in [0.29, 0.717) is 11.7 Å². The van der Waals surface area contributed by atoms with Crippen molar-refractivity contribution in [3.63, 3.8) is 0 Å². The summed E-state index contributed by atoms with van der Waals surface area (Å²) in [6.07, 6.45) is 8.31. The number of nitrogens with zero attached hydrogens (tertiary/aromatic N) is 2. The Balaban J connectivity index is 2.52. The molecule has 0 spiro atoms. The Morgan fingerprint density at radius 3 is 2.75 bits per heavy atom. The molecular weight excluding hydrogens is 198 g/mol. The lowest BCUT2D eigenvalue weighted by molar-refractivity contribution is 0.576. The van der Waals surface area contributed by atoms with Gasteiger partial charge >= 0.3 is 0 Å². The molecule has 1 unspecified atom stereocenters. The molecule has 3 nitrogen and oxygen atoms in total. The monoisotopic (exact) mass is 221 g/mol. The van der Waals surface area contributed by atoms with Crippen molar-refractivity contribution in [1.29, 1.82) is 0 Å². The van der Waals surface area contributed by atoms with Crippen LogP contribution < -0.4 is 5.73 Å². The first-order valence-electron chi connectivity index (χ1n) is 6.24. The van der Waals surface area contributed by atoms with E-state index in [1.54, 1.807) is 0 Å². The van der Waals surface area contributed by atoms with Gasteiger partial charge in [-0.2, -0.15) is 5.10 Å². The first-order chi connectivity index (χ1) is 7.66. The quantitative estimate of drug-likeness (QED) is 0.749. The second kappa shape index (κ2) is 6.46. The molecule has 0 aliphatic rings. The third-order valence-corrected chi connectivity index (χ3v) is 3.20. The van der Waals surface area contributed by atoms with Crippen LogP contribution in [0.4, 0.5) is 5.82 Å². The third-order valence-electron chi connectivity index (χ3n) is 3.20. The predicted molar refractivity (Wildman–Crippen MR) is 68.4 cm³/mol. The lowest BCUT2D eigenvalue weighted by Gasteiger charge is -2.14. The van der Waals surface area contributed by atoms with E-state index in [0.717, 1.165) is 5.56 Å². The van der Waals surface area contributed by atoms with Crippen molar-refractivity contribution in [2.24, 2.45) is 0 Å². The number of nitrogen functional groups attached to an aromatic ring is 1. The van der Waals surface area contributed by atoms with Crippen molar-refractivity contribution in [3.8, 4) is 0 Å². The van der Waals surface area contributed by atoms with Gasteiger partial charge in [-0.1, -0.05) is 39.5 Å². The summed E-state index contributed by atoms with van der Waals surface area (Å²) in [5, 5.41) is 7.79. The van der Waals surface area contributed by atoms with Crippen LogP contribution in [0.1, 0.15) is 63.0 Å². The highest BCUT2D eigenvalue weighted by molar-refractivity contribution is 5.42. The summed E-state index contributed by atoms with van der Waals surface area (Å²) in [6, 6.07) is 0. The molecule has 0 amide bonds. The van der Waals surface area contributed by atoms with Crippen LogP contribution in [0.25, 0.3) is 0 Å². The average Bonchev–Trinajstić information content (AvgIpc) is 2.28. The molecule has 0 saturated heterocycles. The van der Waals surface area contributed by atoms with Gasteiger partial charge in [0.25, 0.3) is 0 Å². The van der Waals surface area contributed by atoms with Crippen LogP contribution in [0.2, 0.25) is 0 Å². The van der Waals surface area contributed by atoms with E-state index in [4.69, 9.17) is 5.73 Å². The summed E-state index contributed by atoms with van der Waals surface area (Å²) in [5.41, 5.74) is 8.11. The van der Waals surface area contributed by atoms with E-state index in [1.807, 2.05) is 13.1 Å². The van der Waals surface area contributed by atoms with Gasteiger partial charge in [-0.05, 0) is 30.4 Å². The third kappa shape index (κ3) is 3.47. The lowest BCUT2D eigenvalue weighted by atomic mass is 9.93. The predicted octanol–water partition coefficient (Wildman–Crippen LogP) is 3.44. The standard InChI is InChI=1S/C13H23N3/c1-4-5-6-7-8-10(2)12-9-15-16-13(14)11(12)3/h9-10H,4-8H2,1-3H3,(H2,14,16). The van der Waals surface area contributed by atoms with Gasteiger partial charge in [0.15, 0.2) is 0 Å². The molecule has 0 aliphatic heterocycles. The van der Waals surface area contributed by atoms with Crippen molar-refractivity contribution in [1.82, 2.24) is 10.2 Å². The molecule has 2 N–H and O–H groups in total. The van der Waals surface area contributed by atoms with Gasteiger partial charge in [0.1, 0.15) is 5.82 Å². The van der Waals surface area contributed by atoms with Crippen molar-refractivity contribution >= 4 is 5.82 Å². The van der Waals surface area contributed by atoms with Gasteiger partial charge in [-0.25, -0.2) is 0 Å². The van der Waals surface area contributed by atoms with Crippen molar-refractivity contribution < 1.29 is 0 Å². The highest BCUT2D eigenvalue weighted by Gasteiger charge is 2.10. The zero-order valence-electron chi connectivity index (χ0n) is 10.7. The van der Waals surface area contributed by atoms with Crippen LogP contribution in [-0.4, -0.2) is 10.2 Å². The van der Waals surface area contributed by atoms with Crippen molar-refractivity contribution in [3.05, 3.63) is 17.3 Å². The van der Waals surface area contributed by atoms with E-state index in [-0.39, 0.29) is 0 Å². The van der Waals surface area contributed by atoms with Crippen LogP contribution >= 0.6 is 0 Å². The number of hydrogen-bond donors (Lipinski definition) is 1. The first kappa shape index (κ1) is 12.9. The van der Waals surface area contributed by atoms with Gasteiger partial charge < -0.3 is 5.73 Å². The largest absolute Gasteiger partial charge is 0.382 e. The number of unbranched alkanes of at least 4 members (excludes halogenated alkanes) is 3. The second-order valence-electron chi connectivity index (χ2n) is 4.56. The van der Waals surface area contributed by atoms with Gasteiger partial charge in [-0.3, -0.25) is 0 Å². The number of hydrogen-bond acceptors (Lipinski definition) is 3. The Labute approximate surface area is 98.5 Å². The molecule has 0 bridgehead atoms. The highest BCUT2D eigenvalue weighted by atomic mass is 15.1.